The molecule has 0 saturated carbocycles. The first-order chi connectivity index (χ1) is 14.6. The molecule has 2 amide bonds. The van der Waals surface area contributed by atoms with Gasteiger partial charge in [0, 0.05) is 11.3 Å². The average Bonchev–Trinajstić information content (AvgIpc) is 2.78. The van der Waals surface area contributed by atoms with Gasteiger partial charge in [0.1, 0.15) is 12.4 Å². The van der Waals surface area contributed by atoms with Crippen LogP contribution in [0, 0.1) is 0 Å². The summed E-state index contributed by atoms with van der Waals surface area (Å²) in [6.45, 7) is -0.0240. The molecule has 1 aliphatic rings. The van der Waals surface area contributed by atoms with Gasteiger partial charge in [-0.25, -0.2) is 4.79 Å². The van der Waals surface area contributed by atoms with E-state index in [2.05, 4.69) is 10.6 Å². The van der Waals surface area contributed by atoms with E-state index < -0.39 is 5.97 Å². The van der Waals surface area contributed by atoms with Crippen LogP contribution in [0.5, 0.6) is 5.75 Å². The van der Waals surface area contributed by atoms with Crippen LogP contribution in [0.15, 0.2) is 72.8 Å². The second kappa shape index (κ2) is 8.48. The molecule has 150 valence electrons. The van der Waals surface area contributed by atoms with Crippen molar-refractivity contribution in [3.63, 3.8) is 0 Å². The summed E-state index contributed by atoms with van der Waals surface area (Å²) in [5.74, 6) is -0.536. The molecule has 0 aromatic heterocycles. The highest BCUT2D eigenvalue weighted by Crippen LogP contribution is 2.28. The first-order valence-electron chi connectivity index (χ1n) is 9.28. The van der Waals surface area contributed by atoms with E-state index in [4.69, 9.17) is 9.47 Å². The van der Waals surface area contributed by atoms with Gasteiger partial charge in [0.05, 0.1) is 11.3 Å². The molecule has 7 nitrogen and oxygen atoms in total. The standard InChI is InChI=1S/C23H18N2O5/c26-21-14-29-20-12-17(10-11-19(20)25-21)23(28)30-13-15-6-8-16(9-7-15)22(27)24-18-4-2-1-3-5-18/h1-12H,13-14H2,(H,24,27)(H,25,26). The molecule has 0 bridgehead atoms. The predicted octanol–water partition coefficient (Wildman–Crippen LogP) is 3.63. The summed E-state index contributed by atoms with van der Waals surface area (Å²) in [5.41, 5.74) is 2.81. The summed E-state index contributed by atoms with van der Waals surface area (Å²) in [7, 11) is 0. The lowest BCUT2D eigenvalue weighted by molar-refractivity contribution is -0.118. The molecule has 0 aliphatic carbocycles. The SMILES string of the molecule is O=C1COc2cc(C(=O)OCc3ccc(C(=O)Nc4ccccc4)cc3)ccc2N1. The maximum absolute atomic E-state index is 12.3. The number of nitrogens with one attached hydrogen (secondary N) is 2. The van der Waals surface area contributed by atoms with E-state index in [1.165, 1.54) is 6.07 Å². The Morgan fingerprint density at radius 3 is 2.47 bits per heavy atom. The molecule has 0 spiro atoms. The molecule has 3 aromatic rings. The van der Waals surface area contributed by atoms with Crippen molar-refractivity contribution in [1.82, 2.24) is 0 Å². The van der Waals surface area contributed by atoms with Crippen LogP contribution < -0.4 is 15.4 Å². The van der Waals surface area contributed by atoms with Crippen LogP contribution in [0.1, 0.15) is 26.3 Å². The minimum atomic E-state index is -0.510. The Morgan fingerprint density at radius 2 is 1.70 bits per heavy atom. The molecule has 1 aliphatic heterocycles. The van der Waals surface area contributed by atoms with E-state index in [0.29, 0.717) is 28.3 Å². The van der Waals surface area contributed by atoms with Gasteiger partial charge >= 0.3 is 5.97 Å². The lowest BCUT2D eigenvalue weighted by atomic mass is 10.1. The van der Waals surface area contributed by atoms with Crippen molar-refractivity contribution in [1.29, 1.82) is 0 Å². The number of hydrogen-bond acceptors (Lipinski definition) is 5. The Kier molecular flexibility index (Phi) is 5.43. The first kappa shape index (κ1) is 19.2. The van der Waals surface area contributed by atoms with Gasteiger partial charge in [-0.15, -0.1) is 0 Å². The number of esters is 1. The van der Waals surface area contributed by atoms with Gasteiger partial charge in [-0.2, -0.15) is 0 Å². The fraction of sp³-hybridized carbons (Fsp3) is 0.0870. The van der Waals surface area contributed by atoms with E-state index in [-0.39, 0.29) is 25.0 Å². The Morgan fingerprint density at radius 1 is 0.967 bits per heavy atom. The monoisotopic (exact) mass is 402 g/mol. The third-order valence-corrected chi connectivity index (χ3v) is 4.47. The Balaban J connectivity index is 1.34. The molecule has 0 unspecified atom stereocenters. The van der Waals surface area contributed by atoms with Crippen molar-refractivity contribution in [3.8, 4) is 5.75 Å². The van der Waals surface area contributed by atoms with Crippen LogP contribution >= 0.6 is 0 Å². The predicted molar refractivity (Wildman–Crippen MR) is 111 cm³/mol. The first-order valence-corrected chi connectivity index (χ1v) is 9.28. The van der Waals surface area contributed by atoms with E-state index in [9.17, 15) is 14.4 Å². The smallest absolute Gasteiger partial charge is 0.338 e. The second-order valence-electron chi connectivity index (χ2n) is 6.64. The molecule has 30 heavy (non-hydrogen) atoms. The zero-order valence-corrected chi connectivity index (χ0v) is 15.9. The lowest BCUT2D eigenvalue weighted by Crippen LogP contribution is -2.25. The van der Waals surface area contributed by atoms with Crippen molar-refractivity contribution >= 4 is 29.2 Å². The molecular weight excluding hydrogens is 384 g/mol. The normalized spacial score (nSPS) is 12.2. The van der Waals surface area contributed by atoms with Crippen LogP contribution in [0.4, 0.5) is 11.4 Å². The third kappa shape index (κ3) is 4.47. The summed E-state index contributed by atoms with van der Waals surface area (Å²) in [6.07, 6.45) is 0. The summed E-state index contributed by atoms with van der Waals surface area (Å²) >= 11 is 0. The quantitative estimate of drug-likeness (QED) is 0.636. The highest BCUT2D eigenvalue weighted by atomic mass is 16.5. The summed E-state index contributed by atoms with van der Waals surface area (Å²) in [6, 6.07) is 20.7. The van der Waals surface area contributed by atoms with Crippen molar-refractivity contribution in [2.75, 3.05) is 17.2 Å². The Hall–Kier alpha value is -4.13. The van der Waals surface area contributed by atoms with Gasteiger partial charge in [0.15, 0.2) is 6.61 Å². The maximum atomic E-state index is 12.3. The maximum Gasteiger partial charge on any atom is 0.338 e. The highest BCUT2D eigenvalue weighted by molar-refractivity contribution is 6.04. The van der Waals surface area contributed by atoms with Gasteiger partial charge in [0.25, 0.3) is 11.8 Å². The van der Waals surface area contributed by atoms with E-state index in [0.717, 1.165) is 5.56 Å². The third-order valence-electron chi connectivity index (χ3n) is 4.47. The molecule has 3 aromatic carbocycles. The second-order valence-corrected chi connectivity index (χ2v) is 6.64. The van der Waals surface area contributed by atoms with Crippen LogP contribution in [-0.2, 0) is 16.1 Å². The molecule has 0 atom stereocenters. The zero-order valence-electron chi connectivity index (χ0n) is 15.9. The molecule has 7 heteroatoms. The molecule has 0 fully saturated rings. The number of hydrogen-bond donors (Lipinski definition) is 2. The minimum Gasteiger partial charge on any atom is -0.482 e. The summed E-state index contributed by atoms with van der Waals surface area (Å²) in [5, 5.41) is 5.48. The summed E-state index contributed by atoms with van der Waals surface area (Å²) < 4.78 is 10.6. The number of fused-ring (bicyclic) bond motifs is 1. The van der Waals surface area contributed by atoms with E-state index in [1.807, 2.05) is 30.3 Å². The van der Waals surface area contributed by atoms with Gasteiger partial charge in [-0.05, 0) is 48.0 Å². The fourth-order valence-corrected chi connectivity index (χ4v) is 2.91. The van der Waals surface area contributed by atoms with Crippen molar-refractivity contribution in [2.45, 2.75) is 6.61 Å². The number of rotatable bonds is 5. The van der Waals surface area contributed by atoms with Crippen LogP contribution in [0.3, 0.4) is 0 Å². The van der Waals surface area contributed by atoms with Gasteiger partial charge in [0.2, 0.25) is 0 Å². The van der Waals surface area contributed by atoms with E-state index >= 15 is 0 Å². The number of carbonyl (C=O) groups is 3. The van der Waals surface area contributed by atoms with Crippen LogP contribution in [-0.4, -0.2) is 24.4 Å². The topological polar surface area (TPSA) is 93.7 Å². The Labute approximate surface area is 172 Å². The molecular formula is C23H18N2O5. The van der Waals surface area contributed by atoms with Crippen molar-refractivity contribution in [2.24, 2.45) is 0 Å². The number of para-hydroxylation sites is 1. The molecule has 4 rings (SSSR count). The van der Waals surface area contributed by atoms with Crippen LogP contribution in [0.25, 0.3) is 0 Å². The molecule has 0 saturated heterocycles. The number of anilines is 2. The number of benzene rings is 3. The number of amides is 2. The van der Waals surface area contributed by atoms with E-state index in [1.54, 1.807) is 36.4 Å². The minimum absolute atomic E-state index is 0.0636. The van der Waals surface area contributed by atoms with Gasteiger partial charge in [-0.1, -0.05) is 30.3 Å². The lowest BCUT2D eigenvalue weighted by Gasteiger charge is -2.18. The number of carbonyl (C=O) groups excluding carboxylic acids is 3. The van der Waals surface area contributed by atoms with Crippen molar-refractivity contribution in [3.05, 3.63) is 89.5 Å². The zero-order chi connectivity index (χ0) is 20.9. The van der Waals surface area contributed by atoms with Gasteiger partial charge in [-0.3, -0.25) is 9.59 Å². The van der Waals surface area contributed by atoms with Crippen molar-refractivity contribution < 1.29 is 23.9 Å². The Bertz CT molecular complexity index is 1090. The van der Waals surface area contributed by atoms with Crippen LogP contribution in [0.2, 0.25) is 0 Å². The van der Waals surface area contributed by atoms with Gasteiger partial charge < -0.3 is 20.1 Å². The fourth-order valence-electron chi connectivity index (χ4n) is 2.91. The molecule has 0 radical (unpaired) electrons. The highest BCUT2D eigenvalue weighted by Gasteiger charge is 2.18. The average molecular weight is 402 g/mol. The molecule has 2 N–H and O–H groups in total. The largest absolute Gasteiger partial charge is 0.482 e. The molecule has 1 heterocycles. The number of ether oxygens (including phenoxy) is 2. The summed E-state index contributed by atoms with van der Waals surface area (Å²) in [4.78, 5) is 35.9.